The van der Waals surface area contributed by atoms with Crippen LogP contribution < -0.4 is 19.1 Å². The molecule has 220 valence electrons. The van der Waals surface area contributed by atoms with Crippen molar-refractivity contribution in [1.82, 2.24) is 10.2 Å². The second-order valence-corrected chi connectivity index (χ2v) is 11.8. The number of rotatable bonds is 13. The number of methoxy groups -OCH3 is 2. The second kappa shape index (κ2) is 14.0. The monoisotopic (exact) mass is 581 g/mol. The molecular weight excluding hydrogens is 542 g/mol. The van der Waals surface area contributed by atoms with E-state index >= 15 is 0 Å². The third kappa shape index (κ3) is 7.79. The molecule has 1 N–H and O–H groups in total. The highest BCUT2D eigenvalue weighted by Gasteiger charge is 2.34. The van der Waals surface area contributed by atoms with Crippen molar-refractivity contribution in [3.05, 3.63) is 83.9 Å². The van der Waals surface area contributed by atoms with Gasteiger partial charge in [0.2, 0.25) is 11.8 Å². The molecule has 3 aromatic carbocycles. The lowest BCUT2D eigenvalue weighted by atomic mass is 10.1. The minimum Gasteiger partial charge on any atom is -0.493 e. The van der Waals surface area contributed by atoms with Crippen molar-refractivity contribution in [3.8, 4) is 11.5 Å². The molecule has 3 rings (SSSR count). The zero-order chi connectivity index (χ0) is 30.2. The SMILES string of the molecule is CC[C@H](C(=O)NC(C)C)N(Cc1ccccc1)C(=O)CN(c1ccc(OC)c(OC)c1)S(=O)(=O)c1ccc(C)cc1. The fraction of sp³-hybridized carbons (Fsp3) is 0.355. The Balaban J connectivity index is 2.11. The van der Waals surface area contributed by atoms with Crippen LogP contribution >= 0.6 is 0 Å². The van der Waals surface area contributed by atoms with Gasteiger partial charge < -0.3 is 19.7 Å². The van der Waals surface area contributed by atoms with Crippen molar-refractivity contribution >= 4 is 27.5 Å². The van der Waals surface area contributed by atoms with Gasteiger partial charge in [-0.3, -0.25) is 13.9 Å². The Labute approximate surface area is 243 Å². The minimum absolute atomic E-state index is 0.0323. The summed E-state index contributed by atoms with van der Waals surface area (Å²) in [6.45, 7) is 6.98. The van der Waals surface area contributed by atoms with E-state index in [0.717, 1.165) is 15.4 Å². The molecule has 41 heavy (non-hydrogen) atoms. The van der Waals surface area contributed by atoms with Crippen LogP contribution in [0.1, 0.15) is 38.3 Å². The van der Waals surface area contributed by atoms with Crippen LogP contribution in [0.3, 0.4) is 0 Å². The average Bonchev–Trinajstić information content (AvgIpc) is 2.95. The third-order valence-corrected chi connectivity index (χ3v) is 8.34. The summed E-state index contributed by atoms with van der Waals surface area (Å²) < 4.78 is 39.9. The molecule has 9 nitrogen and oxygen atoms in total. The van der Waals surface area contributed by atoms with Crippen LogP contribution in [0.15, 0.2) is 77.7 Å². The van der Waals surface area contributed by atoms with Gasteiger partial charge in [0.15, 0.2) is 11.5 Å². The molecule has 0 aliphatic carbocycles. The molecule has 0 unspecified atom stereocenters. The van der Waals surface area contributed by atoms with Crippen LogP contribution in [-0.4, -0.2) is 58.0 Å². The van der Waals surface area contributed by atoms with Crippen LogP contribution in [0.5, 0.6) is 11.5 Å². The fourth-order valence-corrected chi connectivity index (χ4v) is 5.83. The molecule has 0 aliphatic rings. The highest BCUT2D eigenvalue weighted by molar-refractivity contribution is 7.92. The Morgan fingerprint density at radius 2 is 1.54 bits per heavy atom. The number of ether oxygens (including phenoxy) is 2. The molecule has 0 saturated carbocycles. The zero-order valence-corrected chi connectivity index (χ0v) is 25.3. The molecule has 2 amide bonds. The van der Waals surface area contributed by atoms with Crippen molar-refractivity contribution < 1.29 is 27.5 Å². The van der Waals surface area contributed by atoms with Gasteiger partial charge in [-0.05, 0) is 57.0 Å². The van der Waals surface area contributed by atoms with E-state index in [0.29, 0.717) is 17.9 Å². The summed E-state index contributed by atoms with van der Waals surface area (Å²) in [4.78, 5) is 28.8. The summed E-state index contributed by atoms with van der Waals surface area (Å²) in [7, 11) is -1.27. The average molecular weight is 582 g/mol. The number of benzene rings is 3. The number of nitrogens with one attached hydrogen (secondary N) is 1. The molecule has 0 aliphatic heterocycles. The van der Waals surface area contributed by atoms with Crippen LogP contribution in [0.25, 0.3) is 0 Å². The first-order valence-electron chi connectivity index (χ1n) is 13.5. The topological polar surface area (TPSA) is 105 Å². The summed E-state index contributed by atoms with van der Waals surface area (Å²) in [6.07, 6.45) is 0.345. The molecule has 3 aromatic rings. The van der Waals surface area contributed by atoms with Gasteiger partial charge in [-0.15, -0.1) is 0 Å². The lowest BCUT2D eigenvalue weighted by Crippen LogP contribution is -2.53. The molecule has 0 heterocycles. The molecule has 1 atom stereocenters. The summed E-state index contributed by atoms with van der Waals surface area (Å²) in [5, 5.41) is 2.89. The van der Waals surface area contributed by atoms with Crippen molar-refractivity contribution in [2.24, 2.45) is 0 Å². The number of amides is 2. The Morgan fingerprint density at radius 1 is 0.902 bits per heavy atom. The van der Waals surface area contributed by atoms with Crippen molar-refractivity contribution in [1.29, 1.82) is 0 Å². The first-order chi connectivity index (χ1) is 19.5. The summed E-state index contributed by atoms with van der Waals surface area (Å²) in [6, 6.07) is 19.4. The molecule has 0 bridgehead atoms. The molecule has 0 radical (unpaired) electrons. The number of nitrogens with zero attached hydrogens (tertiary/aromatic N) is 2. The van der Waals surface area contributed by atoms with Gasteiger partial charge in [0.05, 0.1) is 24.8 Å². The van der Waals surface area contributed by atoms with Gasteiger partial charge in [0.1, 0.15) is 12.6 Å². The van der Waals surface area contributed by atoms with Crippen molar-refractivity contribution in [2.45, 2.75) is 57.6 Å². The predicted molar refractivity (Wildman–Crippen MR) is 160 cm³/mol. The Hall–Kier alpha value is -4.05. The van der Waals surface area contributed by atoms with Gasteiger partial charge in [0, 0.05) is 18.7 Å². The standard InChI is InChI=1S/C31H39N3O6S/c1-7-27(31(36)32-22(2)3)33(20-24-11-9-8-10-12-24)30(35)21-34(25-15-18-28(39-5)29(19-25)40-6)41(37,38)26-16-13-23(4)14-17-26/h8-19,22,27H,7,20-21H2,1-6H3,(H,32,36)/t27-/m1/s1. The van der Waals surface area contributed by atoms with E-state index in [1.807, 2.05) is 58.0 Å². The number of anilines is 1. The summed E-state index contributed by atoms with van der Waals surface area (Å²) in [5.41, 5.74) is 1.93. The Morgan fingerprint density at radius 3 is 2.10 bits per heavy atom. The number of carbonyl (C=O) groups excluding carboxylic acids is 2. The normalized spacial score (nSPS) is 12.0. The maximum Gasteiger partial charge on any atom is 0.264 e. The zero-order valence-electron chi connectivity index (χ0n) is 24.5. The largest absolute Gasteiger partial charge is 0.493 e. The number of carbonyl (C=O) groups is 2. The minimum atomic E-state index is -4.20. The molecule has 0 aromatic heterocycles. The number of hydrogen-bond donors (Lipinski definition) is 1. The van der Waals surface area contributed by atoms with Gasteiger partial charge in [-0.1, -0.05) is 55.0 Å². The van der Waals surface area contributed by atoms with E-state index in [2.05, 4.69) is 5.32 Å². The molecule has 0 saturated heterocycles. The predicted octanol–water partition coefficient (Wildman–Crippen LogP) is 4.54. The van der Waals surface area contributed by atoms with E-state index in [4.69, 9.17) is 9.47 Å². The first-order valence-corrected chi connectivity index (χ1v) is 14.9. The number of sulfonamides is 1. The summed E-state index contributed by atoms with van der Waals surface area (Å²) >= 11 is 0. The van der Waals surface area contributed by atoms with Crippen molar-refractivity contribution in [2.75, 3.05) is 25.1 Å². The number of hydrogen-bond acceptors (Lipinski definition) is 6. The second-order valence-electron chi connectivity index (χ2n) is 9.96. The molecule has 0 spiro atoms. The van der Waals surface area contributed by atoms with E-state index in [9.17, 15) is 18.0 Å². The van der Waals surface area contributed by atoms with Crippen LogP contribution in [0, 0.1) is 6.92 Å². The van der Waals surface area contributed by atoms with Gasteiger partial charge in [0.25, 0.3) is 10.0 Å². The highest BCUT2D eigenvalue weighted by atomic mass is 32.2. The van der Waals surface area contributed by atoms with Gasteiger partial charge in [-0.25, -0.2) is 8.42 Å². The smallest absolute Gasteiger partial charge is 0.264 e. The fourth-order valence-electron chi connectivity index (χ4n) is 4.43. The maximum absolute atomic E-state index is 14.1. The van der Waals surface area contributed by atoms with E-state index in [-0.39, 0.29) is 29.1 Å². The summed E-state index contributed by atoms with van der Waals surface area (Å²) in [5.74, 6) is -0.0984. The quantitative estimate of drug-likeness (QED) is 0.318. The van der Waals surface area contributed by atoms with E-state index in [1.54, 1.807) is 24.3 Å². The number of aryl methyl sites for hydroxylation is 1. The van der Waals surface area contributed by atoms with Crippen molar-refractivity contribution in [3.63, 3.8) is 0 Å². The molecular formula is C31H39N3O6S. The molecule has 0 fully saturated rings. The van der Waals surface area contributed by atoms with Crippen LogP contribution in [-0.2, 0) is 26.2 Å². The maximum atomic E-state index is 14.1. The molecule has 10 heteroatoms. The third-order valence-electron chi connectivity index (χ3n) is 6.56. The lowest BCUT2D eigenvalue weighted by molar-refractivity contribution is -0.140. The van der Waals surface area contributed by atoms with Crippen LogP contribution in [0.4, 0.5) is 5.69 Å². The van der Waals surface area contributed by atoms with E-state index in [1.165, 1.54) is 37.3 Å². The van der Waals surface area contributed by atoms with Gasteiger partial charge >= 0.3 is 0 Å². The highest BCUT2D eigenvalue weighted by Crippen LogP contribution is 2.34. The van der Waals surface area contributed by atoms with Crippen LogP contribution in [0.2, 0.25) is 0 Å². The first kappa shape index (κ1) is 31.5. The Bertz CT molecular complexity index is 1430. The lowest BCUT2D eigenvalue weighted by Gasteiger charge is -2.33. The van der Waals surface area contributed by atoms with Gasteiger partial charge in [-0.2, -0.15) is 0 Å². The Kier molecular flexibility index (Phi) is 10.8. The van der Waals surface area contributed by atoms with E-state index < -0.39 is 28.5 Å².